The molecule has 0 bridgehead atoms. The number of nitrogens with one attached hydrogen (secondary N) is 1. The minimum Gasteiger partial charge on any atom is -0.508 e. The van der Waals surface area contributed by atoms with Crippen molar-refractivity contribution < 1.29 is 9.90 Å². The fourth-order valence-corrected chi connectivity index (χ4v) is 3.85. The molecule has 5 heteroatoms. The summed E-state index contributed by atoms with van der Waals surface area (Å²) in [5.74, 6) is 0.307. The lowest BCUT2D eigenvalue weighted by atomic mass is 9.93. The minimum atomic E-state index is 0.0275. The summed E-state index contributed by atoms with van der Waals surface area (Å²) in [6.07, 6.45) is 0. The molecule has 1 amide bonds. The van der Waals surface area contributed by atoms with Crippen LogP contribution in [0.5, 0.6) is 5.75 Å². The van der Waals surface area contributed by atoms with Crippen molar-refractivity contribution in [3.63, 3.8) is 0 Å². The molecule has 1 aliphatic heterocycles. The number of rotatable bonds is 5. The molecule has 1 fully saturated rings. The van der Waals surface area contributed by atoms with Gasteiger partial charge in [-0.25, -0.2) is 0 Å². The predicted molar refractivity (Wildman–Crippen MR) is 113 cm³/mol. The highest BCUT2D eigenvalue weighted by atomic mass is 16.3. The zero-order valence-corrected chi connectivity index (χ0v) is 17.2. The third kappa shape index (κ3) is 4.37. The van der Waals surface area contributed by atoms with Gasteiger partial charge in [0.25, 0.3) is 5.91 Å². The number of amides is 1. The number of hydrogen-bond donors (Lipinski definition) is 2. The van der Waals surface area contributed by atoms with Gasteiger partial charge in [-0.05, 0) is 56.2 Å². The number of piperazine rings is 1. The monoisotopic (exact) mass is 381 g/mol. The maximum Gasteiger partial charge on any atom is 0.253 e. The van der Waals surface area contributed by atoms with Gasteiger partial charge in [0.1, 0.15) is 5.75 Å². The van der Waals surface area contributed by atoms with Crippen LogP contribution in [0, 0.1) is 0 Å². The first-order valence-corrected chi connectivity index (χ1v) is 10.0. The summed E-state index contributed by atoms with van der Waals surface area (Å²) in [5, 5.41) is 13.6. The van der Waals surface area contributed by atoms with E-state index in [-0.39, 0.29) is 17.7 Å². The molecule has 2 N–H and O–H groups in total. The molecule has 3 rings (SSSR count). The second-order valence-corrected chi connectivity index (χ2v) is 7.79. The third-order valence-electron chi connectivity index (χ3n) is 5.62. The molecule has 2 aromatic carbocycles. The molecule has 28 heavy (non-hydrogen) atoms. The van der Waals surface area contributed by atoms with E-state index in [4.69, 9.17) is 0 Å². The molecular formula is C23H31N3O2. The molecule has 0 spiro atoms. The molecule has 150 valence electrons. The Hall–Kier alpha value is -2.37. The van der Waals surface area contributed by atoms with Crippen LogP contribution in [-0.2, 0) is 0 Å². The quantitative estimate of drug-likeness (QED) is 0.835. The van der Waals surface area contributed by atoms with Crippen molar-refractivity contribution in [2.75, 3.05) is 26.7 Å². The molecule has 1 aliphatic rings. The van der Waals surface area contributed by atoms with Gasteiger partial charge in [0.2, 0.25) is 0 Å². The molecule has 0 aliphatic carbocycles. The Morgan fingerprint density at radius 3 is 2.57 bits per heavy atom. The van der Waals surface area contributed by atoms with E-state index >= 15 is 0 Å². The Kier molecular flexibility index (Phi) is 6.37. The maximum absolute atomic E-state index is 12.4. The molecular weight excluding hydrogens is 350 g/mol. The topological polar surface area (TPSA) is 55.8 Å². The Morgan fingerprint density at radius 1 is 1.21 bits per heavy atom. The normalized spacial score (nSPS) is 21.3. The van der Waals surface area contributed by atoms with Crippen LogP contribution in [0.1, 0.15) is 48.3 Å². The lowest BCUT2D eigenvalue weighted by molar-refractivity contribution is 0.0802. The van der Waals surface area contributed by atoms with Crippen molar-refractivity contribution in [1.82, 2.24) is 15.1 Å². The molecule has 0 aromatic heterocycles. The summed E-state index contributed by atoms with van der Waals surface area (Å²) in [4.78, 5) is 16.6. The molecule has 1 saturated heterocycles. The molecule has 2 aromatic rings. The largest absolute Gasteiger partial charge is 0.508 e. The van der Waals surface area contributed by atoms with Crippen LogP contribution in [0.25, 0.3) is 0 Å². The third-order valence-corrected chi connectivity index (χ3v) is 5.62. The zero-order valence-electron chi connectivity index (χ0n) is 17.2. The van der Waals surface area contributed by atoms with Crippen molar-refractivity contribution in [1.29, 1.82) is 0 Å². The highest BCUT2D eigenvalue weighted by Gasteiger charge is 2.31. The number of phenols is 1. The van der Waals surface area contributed by atoms with Crippen molar-refractivity contribution in [3.8, 4) is 5.75 Å². The highest BCUT2D eigenvalue weighted by molar-refractivity contribution is 5.94. The summed E-state index contributed by atoms with van der Waals surface area (Å²) in [6, 6.07) is 16.2. The Labute approximate surface area is 168 Å². The molecule has 0 radical (unpaired) electrons. The molecule has 1 heterocycles. The number of phenolic OH excluding ortho intramolecular Hbond substituents is 1. The van der Waals surface area contributed by atoms with Crippen LogP contribution in [0.15, 0.2) is 48.5 Å². The van der Waals surface area contributed by atoms with E-state index in [1.807, 2.05) is 50.4 Å². The lowest BCUT2D eigenvalue weighted by Crippen LogP contribution is -2.55. The van der Waals surface area contributed by atoms with E-state index in [1.54, 1.807) is 11.0 Å². The fourth-order valence-electron chi connectivity index (χ4n) is 3.85. The average Bonchev–Trinajstić information content (AvgIpc) is 2.70. The van der Waals surface area contributed by atoms with E-state index < -0.39 is 0 Å². The first kappa shape index (κ1) is 20.4. The van der Waals surface area contributed by atoms with Gasteiger partial charge in [0.15, 0.2) is 0 Å². The van der Waals surface area contributed by atoms with Crippen LogP contribution < -0.4 is 5.32 Å². The van der Waals surface area contributed by atoms with E-state index in [2.05, 4.69) is 30.1 Å². The first-order chi connectivity index (χ1) is 13.4. The fraction of sp³-hybridized carbons (Fsp3) is 0.435. The summed E-state index contributed by atoms with van der Waals surface area (Å²) >= 11 is 0. The van der Waals surface area contributed by atoms with E-state index in [9.17, 15) is 9.90 Å². The molecule has 0 unspecified atom stereocenters. The highest BCUT2D eigenvalue weighted by Crippen LogP contribution is 2.33. The van der Waals surface area contributed by atoms with Gasteiger partial charge >= 0.3 is 0 Å². The van der Waals surface area contributed by atoms with E-state index in [0.29, 0.717) is 24.2 Å². The van der Waals surface area contributed by atoms with Crippen LogP contribution in [0.4, 0.5) is 0 Å². The van der Waals surface area contributed by atoms with Crippen molar-refractivity contribution in [2.45, 2.75) is 38.9 Å². The van der Waals surface area contributed by atoms with Gasteiger partial charge in [-0.15, -0.1) is 0 Å². The minimum absolute atomic E-state index is 0.0275. The van der Waals surface area contributed by atoms with Gasteiger partial charge in [-0.1, -0.05) is 24.3 Å². The van der Waals surface area contributed by atoms with Crippen molar-refractivity contribution in [2.24, 2.45) is 0 Å². The van der Waals surface area contributed by atoms with E-state index in [0.717, 1.165) is 24.2 Å². The molecule has 3 atom stereocenters. The number of hydrogen-bond acceptors (Lipinski definition) is 4. The standard InChI is InChI=1S/C23H31N3O2/c1-5-25(4)23(28)19-11-9-18(10-12-19)22(20-7-6-8-21(27)13-20)26-15-16(2)24-14-17(26)3/h6-13,16-17,22,24,27H,5,14-15H2,1-4H3/t16-,17-,22-/m0/s1. The number of carbonyl (C=O) groups excluding carboxylic acids is 1. The Bertz CT molecular complexity index is 806. The SMILES string of the molecule is CCN(C)C(=O)c1ccc([C@@H](c2cccc(O)c2)N2C[C@H](C)NC[C@@H]2C)cc1. The zero-order chi connectivity index (χ0) is 20.3. The molecule has 0 saturated carbocycles. The first-order valence-electron chi connectivity index (χ1n) is 10.0. The second kappa shape index (κ2) is 8.76. The van der Waals surface area contributed by atoms with Crippen LogP contribution in [-0.4, -0.2) is 59.6 Å². The number of carbonyl (C=O) groups is 1. The Morgan fingerprint density at radius 2 is 1.93 bits per heavy atom. The number of aromatic hydroxyl groups is 1. The Balaban J connectivity index is 1.98. The summed E-state index contributed by atoms with van der Waals surface area (Å²) in [7, 11) is 1.82. The van der Waals surface area contributed by atoms with Crippen molar-refractivity contribution in [3.05, 3.63) is 65.2 Å². The van der Waals surface area contributed by atoms with Gasteiger partial charge in [-0.3, -0.25) is 9.69 Å². The maximum atomic E-state index is 12.4. The van der Waals surface area contributed by atoms with Gasteiger partial charge in [0.05, 0.1) is 6.04 Å². The lowest BCUT2D eigenvalue weighted by Gasteiger charge is -2.43. The predicted octanol–water partition coefficient (Wildman–Crippen LogP) is 3.26. The summed E-state index contributed by atoms with van der Waals surface area (Å²) in [6.45, 7) is 8.92. The smallest absolute Gasteiger partial charge is 0.253 e. The van der Waals surface area contributed by atoms with Crippen LogP contribution in [0.3, 0.4) is 0 Å². The van der Waals surface area contributed by atoms with Gasteiger partial charge in [-0.2, -0.15) is 0 Å². The molecule has 5 nitrogen and oxygen atoms in total. The van der Waals surface area contributed by atoms with Gasteiger partial charge in [0, 0.05) is 44.3 Å². The average molecular weight is 382 g/mol. The number of nitrogens with zero attached hydrogens (tertiary/aromatic N) is 2. The van der Waals surface area contributed by atoms with Gasteiger partial charge < -0.3 is 15.3 Å². The van der Waals surface area contributed by atoms with E-state index in [1.165, 1.54) is 0 Å². The van der Waals surface area contributed by atoms with Crippen LogP contribution in [0.2, 0.25) is 0 Å². The second-order valence-electron chi connectivity index (χ2n) is 7.79. The summed E-state index contributed by atoms with van der Waals surface area (Å²) in [5.41, 5.74) is 2.89. The van der Waals surface area contributed by atoms with Crippen LogP contribution >= 0.6 is 0 Å². The van der Waals surface area contributed by atoms with Crippen molar-refractivity contribution >= 4 is 5.91 Å². The number of benzene rings is 2. The summed E-state index contributed by atoms with van der Waals surface area (Å²) < 4.78 is 0.